The molecule has 0 saturated carbocycles. The van der Waals surface area contributed by atoms with Crippen LogP contribution in [0.4, 0.5) is 0 Å². The van der Waals surface area contributed by atoms with E-state index in [1.807, 2.05) is 23.1 Å². The summed E-state index contributed by atoms with van der Waals surface area (Å²) in [6.07, 6.45) is 2.57. The third-order valence-corrected chi connectivity index (χ3v) is 5.83. The average molecular weight is 407 g/mol. The highest BCUT2D eigenvalue weighted by Gasteiger charge is 2.29. The molecule has 5 heteroatoms. The second-order valence-electron chi connectivity index (χ2n) is 8.13. The molecule has 30 heavy (non-hydrogen) atoms. The fourth-order valence-electron chi connectivity index (χ4n) is 3.93. The molecule has 1 aliphatic heterocycles. The Labute approximate surface area is 180 Å². The average Bonchev–Trinajstić information content (AvgIpc) is 3.15. The van der Waals surface area contributed by atoms with E-state index in [1.165, 1.54) is 11.1 Å². The maximum atomic E-state index is 12.4. The van der Waals surface area contributed by atoms with Crippen molar-refractivity contribution in [2.45, 2.75) is 32.1 Å². The molecule has 1 saturated heterocycles. The first kappa shape index (κ1) is 21.9. The number of carbonyl (C=O) groups is 1. The lowest BCUT2D eigenvalue weighted by Gasteiger charge is -2.18. The van der Waals surface area contributed by atoms with Crippen LogP contribution in [0.3, 0.4) is 0 Å². The molecule has 0 bridgehead atoms. The van der Waals surface area contributed by atoms with Crippen molar-refractivity contribution in [2.24, 2.45) is 10.9 Å². The molecule has 1 heterocycles. The zero-order chi connectivity index (χ0) is 21.2. The summed E-state index contributed by atoms with van der Waals surface area (Å²) < 4.78 is 0. The largest absolute Gasteiger partial charge is 0.356 e. The second kappa shape index (κ2) is 11.4. The van der Waals surface area contributed by atoms with Gasteiger partial charge in [0.1, 0.15) is 0 Å². The summed E-state index contributed by atoms with van der Waals surface area (Å²) in [6.45, 7) is 5.50. The molecule has 2 aromatic rings. The lowest BCUT2D eigenvalue weighted by atomic mass is 9.98. The van der Waals surface area contributed by atoms with Crippen LogP contribution in [-0.4, -0.2) is 50.0 Å². The van der Waals surface area contributed by atoms with E-state index in [2.05, 4.69) is 65.0 Å². The fraction of sp³-hybridized carbons (Fsp3) is 0.440. The van der Waals surface area contributed by atoms with Crippen LogP contribution < -0.4 is 10.6 Å². The smallest absolute Gasteiger partial charge is 0.223 e. The van der Waals surface area contributed by atoms with Crippen LogP contribution in [0.25, 0.3) is 0 Å². The van der Waals surface area contributed by atoms with E-state index >= 15 is 0 Å². The Morgan fingerprint density at radius 3 is 2.50 bits per heavy atom. The van der Waals surface area contributed by atoms with Gasteiger partial charge in [-0.05, 0) is 29.9 Å². The highest BCUT2D eigenvalue weighted by atomic mass is 16.2. The molecule has 1 fully saturated rings. The molecular formula is C25H34N4O. The summed E-state index contributed by atoms with van der Waals surface area (Å²) in [4.78, 5) is 18.7. The molecular weight excluding hydrogens is 372 g/mol. The van der Waals surface area contributed by atoms with Crippen molar-refractivity contribution in [3.8, 4) is 0 Å². The molecule has 2 N–H and O–H groups in total. The molecule has 5 nitrogen and oxygen atoms in total. The fourth-order valence-corrected chi connectivity index (χ4v) is 3.93. The van der Waals surface area contributed by atoms with Crippen LogP contribution in [0.1, 0.15) is 36.8 Å². The quantitative estimate of drug-likeness (QED) is 0.495. The van der Waals surface area contributed by atoms with Crippen molar-refractivity contribution < 1.29 is 4.79 Å². The Morgan fingerprint density at radius 1 is 1.10 bits per heavy atom. The Bertz CT molecular complexity index is 806. The first-order valence-electron chi connectivity index (χ1n) is 11.0. The molecule has 1 amide bonds. The van der Waals surface area contributed by atoms with Crippen LogP contribution in [-0.2, 0) is 11.2 Å². The predicted octanol–water partition coefficient (Wildman–Crippen LogP) is 3.44. The molecule has 0 aromatic heterocycles. The van der Waals surface area contributed by atoms with Crippen molar-refractivity contribution in [1.82, 2.24) is 15.5 Å². The number of carbonyl (C=O) groups excluding carboxylic acids is 1. The zero-order valence-electron chi connectivity index (χ0n) is 18.2. The van der Waals surface area contributed by atoms with Gasteiger partial charge in [0.25, 0.3) is 0 Å². The first-order chi connectivity index (χ1) is 14.7. The number of benzene rings is 2. The van der Waals surface area contributed by atoms with Crippen molar-refractivity contribution in [3.63, 3.8) is 0 Å². The van der Waals surface area contributed by atoms with Crippen LogP contribution in [0.5, 0.6) is 0 Å². The van der Waals surface area contributed by atoms with Crippen LogP contribution in [0, 0.1) is 5.92 Å². The predicted molar refractivity (Wildman–Crippen MR) is 124 cm³/mol. The molecule has 0 aliphatic carbocycles. The van der Waals surface area contributed by atoms with Gasteiger partial charge in [0.05, 0.1) is 0 Å². The van der Waals surface area contributed by atoms with Crippen molar-refractivity contribution in [3.05, 3.63) is 71.8 Å². The van der Waals surface area contributed by atoms with E-state index < -0.39 is 0 Å². The van der Waals surface area contributed by atoms with Crippen molar-refractivity contribution in [2.75, 3.05) is 33.2 Å². The summed E-state index contributed by atoms with van der Waals surface area (Å²) in [5, 5.41) is 6.80. The van der Waals surface area contributed by atoms with Gasteiger partial charge in [-0.3, -0.25) is 9.79 Å². The minimum Gasteiger partial charge on any atom is -0.356 e. The Hall–Kier alpha value is -2.82. The van der Waals surface area contributed by atoms with Crippen molar-refractivity contribution >= 4 is 11.9 Å². The third-order valence-electron chi connectivity index (χ3n) is 5.83. The summed E-state index contributed by atoms with van der Waals surface area (Å²) in [5.74, 6) is 1.90. The molecule has 160 valence electrons. The van der Waals surface area contributed by atoms with Gasteiger partial charge in [0, 0.05) is 45.6 Å². The number of aliphatic imine (C=N–C) groups is 1. The molecule has 2 aromatic carbocycles. The van der Waals surface area contributed by atoms with E-state index in [9.17, 15) is 4.79 Å². The molecule has 2 unspecified atom stereocenters. The summed E-state index contributed by atoms with van der Waals surface area (Å²) >= 11 is 0. The van der Waals surface area contributed by atoms with Crippen LogP contribution >= 0.6 is 0 Å². The van der Waals surface area contributed by atoms with Gasteiger partial charge < -0.3 is 15.5 Å². The highest BCUT2D eigenvalue weighted by Crippen LogP contribution is 2.18. The number of rotatable bonds is 9. The lowest BCUT2D eigenvalue weighted by Crippen LogP contribution is -2.40. The van der Waals surface area contributed by atoms with Gasteiger partial charge in [-0.25, -0.2) is 0 Å². The zero-order valence-corrected chi connectivity index (χ0v) is 18.2. The van der Waals surface area contributed by atoms with E-state index in [1.54, 1.807) is 7.05 Å². The SMILES string of the molecule is CN=C(NCCC(C)c1ccccc1)NCC1CC(=O)N(CCc2ccccc2)C1. The Kier molecular flexibility index (Phi) is 8.30. The summed E-state index contributed by atoms with van der Waals surface area (Å²) in [5.41, 5.74) is 2.64. The normalized spacial score (nSPS) is 17.8. The number of nitrogens with zero attached hydrogens (tertiary/aromatic N) is 2. The monoisotopic (exact) mass is 406 g/mol. The first-order valence-corrected chi connectivity index (χ1v) is 11.0. The number of amides is 1. The van der Waals surface area contributed by atoms with E-state index in [4.69, 9.17) is 0 Å². The van der Waals surface area contributed by atoms with Gasteiger partial charge in [0.2, 0.25) is 5.91 Å². The molecule has 0 spiro atoms. The van der Waals surface area contributed by atoms with E-state index in [0.29, 0.717) is 18.3 Å². The Morgan fingerprint density at radius 2 is 1.80 bits per heavy atom. The van der Waals surface area contributed by atoms with Crippen molar-refractivity contribution in [1.29, 1.82) is 0 Å². The van der Waals surface area contributed by atoms with Gasteiger partial charge in [-0.15, -0.1) is 0 Å². The highest BCUT2D eigenvalue weighted by molar-refractivity contribution is 5.80. The minimum atomic E-state index is 0.261. The van der Waals surface area contributed by atoms with Gasteiger partial charge in [0.15, 0.2) is 5.96 Å². The maximum Gasteiger partial charge on any atom is 0.223 e. The van der Waals surface area contributed by atoms with Gasteiger partial charge in [-0.1, -0.05) is 67.6 Å². The lowest BCUT2D eigenvalue weighted by molar-refractivity contribution is -0.127. The molecule has 3 rings (SSSR count). The topological polar surface area (TPSA) is 56.7 Å². The third kappa shape index (κ3) is 6.61. The van der Waals surface area contributed by atoms with E-state index in [0.717, 1.165) is 45.0 Å². The minimum absolute atomic E-state index is 0.261. The number of likely N-dealkylation sites (tertiary alicyclic amines) is 1. The number of guanidine groups is 1. The summed E-state index contributed by atoms with van der Waals surface area (Å²) in [6, 6.07) is 20.9. The molecule has 2 atom stereocenters. The second-order valence-corrected chi connectivity index (χ2v) is 8.13. The number of hydrogen-bond acceptors (Lipinski definition) is 2. The number of hydrogen-bond donors (Lipinski definition) is 2. The van der Waals surface area contributed by atoms with Crippen LogP contribution in [0.15, 0.2) is 65.7 Å². The molecule has 1 aliphatic rings. The Balaban J connectivity index is 1.36. The van der Waals surface area contributed by atoms with Crippen LogP contribution in [0.2, 0.25) is 0 Å². The maximum absolute atomic E-state index is 12.4. The standard InChI is InChI=1S/C25H34N4O/c1-20(23-11-7-4-8-12-23)13-15-27-25(26-2)28-18-22-17-24(30)29(19-22)16-14-21-9-5-3-6-10-21/h3-12,20,22H,13-19H2,1-2H3,(H2,26,27,28). The summed E-state index contributed by atoms with van der Waals surface area (Å²) in [7, 11) is 1.79. The number of nitrogens with one attached hydrogen (secondary N) is 2. The van der Waals surface area contributed by atoms with Gasteiger partial charge in [-0.2, -0.15) is 0 Å². The van der Waals surface area contributed by atoms with E-state index in [-0.39, 0.29) is 5.91 Å². The van der Waals surface area contributed by atoms with Gasteiger partial charge >= 0.3 is 0 Å². The molecule has 0 radical (unpaired) electrons.